The predicted molar refractivity (Wildman–Crippen MR) is 223 cm³/mol. The van der Waals surface area contributed by atoms with E-state index >= 15 is 0 Å². The van der Waals surface area contributed by atoms with Gasteiger partial charge in [-0.15, -0.1) is 0 Å². The summed E-state index contributed by atoms with van der Waals surface area (Å²) in [6.07, 6.45) is 8.02. The van der Waals surface area contributed by atoms with E-state index in [4.69, 9.17) is 24.3 Å². The van der Waals surface area contributed by atoms with Gasteiger partial charge in [-0.2, -0.15) is 0 Å². The number of unbranched alkanes of at least 4 members (excludes halogenated alkanes) is 21. The minimum atomic E-state index is -5.55. The van der Waals surface area contributed by atoms with Crippen LogP contribution < -0.4 is 5.73 Å². The summed E-state index contributed by atoms with van der Waals surface area (Å²) < 4.78 is 65.3. The second-order valence-corrected chi connectivity index (χ2v) is 19.6. The van der Waals surface area contributed by atoms with Gasteiger partial charge in [-0.1, -0.05) is 135 Å². The molecule has 8 atom stereocenters. The van der Waals surface area contributed by atoms with Crippen LogP contribution in [0.4, 0.5) is 0 Å². The first-order valence-electron chi connectivity index (χ1n) is 22.0. The van der Waals surface area contributed by atoms with Crippen LogP contribution in [0.5, 0.6) is 0 Å². The molecule has 61 heavy (non-hydrogen) atoms. The summed E-state index contributed by atoms with van der Waals surface area (Å²) in [5.74, 6) is -1.32. The summed E-state index contributed by atoms with van der Waals surface area (Å²) in [7, 11) is -16.6. The molecule has 0 aromatic carbocycles. The quantitative estimate of drug-likeness (QED) is 0.0203. The van der Waals surface area contributed by atoms with Crippen molar-refractivity contribution in [2.24, 2.45) is 5.73 Å². The Labute approximate surface area is 361 Å². The highest BCUT2D eigenvalue weighted by Crippen LogP contribution is 2.51. The van der Waals surface area contributed by atoms with Crippen LogP contribution in [0.1, 0.15) is 167 Å². The summed E-state index contributed by atoms with van der Waals surface area (Å²) in [6.45, 7) is 1.40. The number of phosphoric acid groups is 3. The standard InChI is InChI=1S/C38H76NO19P3/c1-2-3-4-5-6-7-8-9-10-14-17-20-23-26-32(41)55-30(28-53-31(40)25-22-19-16-13-11-12-15-18-21-24-27-39)29-54-61(51,52)58-38-34(43)36(56-59(45,46)47)33(42)37(35(38)44)57-60(48,49)50/h30,33-38,42-44H,2-29,39H2,1H3,(H,51,52)(H2,45,46,47)(H2,48,49,50)/t30-,33?,34-,35?,36-,37+,38?/m1/s1. The molecule has 0 bridgehead atoms. The average Bonchev–Trinajstić information content (AvgIpc) is 3.18. The van der Waals surface area contributed by atoms with Crippen molar-refractivity contribution < 1.29 is 90.6 Å². The zero-order valence-electron chi connectivity index (χ0n) is 35.8. The molecule has 0 aromatic rings. The van der Waals surface area contributed by atoms with Crippen molar-refractivity contribution in [3.05, 3.63) is 0 Å². The van der Waals surface area contributed by atoms with Crippen molar-refractivity contribution in [3.8, 4) is 0 Å². The Bertz CT molecular complexity index is 1280. The van der Waals surface area contributed by atoms with E-state index < -0.39 is 91.3 Å². The van der Waals surface area contributed by atoms with Crippen molar-refractivity contribution in [2.75, 3.05) is 19.8 Å². The molecule has 10 N–H and O–H groups in total. The molecule has 0 aromatic heterocycles. The van der Waals surface area contributed by atoms with Crippen LogP contribution in [0, 0.1) is 0 Å². The van der Waals surface area contributed by atoms with E-state index in [1.807, 2.05) is 0 Å². The Balaban J connectivity index is 2.79. The van der Waals surface area contributed by atoms with Crippen molar-refractivity contribution in [2.45, 2.75) is 210 Å². The van der Waals surface area contributed by atoms with E-state index in [0.29, 0.717) is 19.4 Å². The summed E-state index contributed by atoms with van der Waals surface area (Å²) in [5.41, 5.74) is 5.52. The molecule has 0 spiro atoms. The molecule has 362 valence electrons. The molecule has 1 fully saturated rings. The monoisotopic (exact) mass is 943 g/mol. The second-order valence-electron chi connectivity index (χ2n) is 15.8. The van der Waals surface area contributed by atoms with Gasteiger partial charge in [0.2, 0.25) is 0 Å². The SMILES string of the molecule is CCCCCCCCCCCCCCCC(=O)O[C@H](COC(=O)CCCCCCCCCCCCN)COP(=O)(O)OC1C(O)[C@@H](OP(=O)(O)O)C(O)[C@@H](OP(=O)(O)O)[C@H]1O. The lowest BCUT2D eigenvalue weighted by molar-refractivity contribution is -0.213. The third-order valence-corrected chi connectivity index (χ3v) is 12.3. The van der Waals surface area contributed by atoms with E-state index in [1.165, 1.54) is 51.4 Å². The van der Waals surface area contributed by atoms with Gasteiger partial charge in [0.05, 0.1) is 6.61 Å². The third kappa shape index (κ3) is 29.3. The van der Waals surface area contributed by atoms with Crippen LogP contribution in [-0.4, -0.2) is 114 Å². The lowest BCUT2D eigenvalue weighted by Crippen LogP contribution is -2.65. The largest absolute Gasteiger partial charge is 0.472 e. The average molecular weight is 944 g/mol. The number of phosphoric ester groups is 3. The van der Waals surface area contributed by atoms with Crippen LogP contribution in [0.3, 0.4) is 0 Å². The van der Waals surface area contributed by atoms with Gasteiger partial charge in [0, 0.05) is 12.8 Å². The molecule has 0 saturated heterocycles. The highest BCUT2D eigenvalue weighted by Gasteiger charge is 2.56. The molecule has 0 heterocycles. The zero-order valence-corrected chi connectivity index (χ0v) is 38.5. The number of ether oxygens (including phenoxy) is 2. The molecular formula is C38H76NO19P3. The van der Waals surface area contributed by atoms with Crippen LogP contribution in [-0.2, 0) is 50.9 Å². The fraction of sp³-hybridized carbons (Fsp3) is 0.947. The molecule has 20 nitrogen and oxygen atoms in total. The van der Waals surface area contributed by atoms with Crippen molar-refractivity contribution in [1.29, 1.82) is 0 Å². The Kier molecular flexibility index (Phi) is 31.2. The van der Waals surface area contributed by atoms with Gasteiger partial charge in [0.1, 0.15) is 43.2 Å². The number of carbonyl (C=O) groups is 2. The first-order chi connectivity index (χ1) is 28.8. The molecule has 1 saturated carbocycles. The minimum absolute atomic E-state index is 0.00606. The van der Waals surface area contributed by atoms with Crippen molar-refractivity contribution in [3.63, 3.8) is 0 Å². The highest BCUT2D eigenvalue weighted by atomic mass is 31.2. The number of nitrogens with two attached hydrogens (primary N) is 1. The number of esters is 2. The number of rotatable bonds is 38. The van der Waals surface area contributed by atoms with Gasteiger partial charge < -0.3 is 55.0 Å². The number of aliphatic hydroxyl groups excluding tert-OH is 3. The van der Waals surface area contributed by atoms with E-state index in [-0.39, 0.29) is 12.8 Å². The fourth-order valence-electron chi connectivity index (χ4n) is 6.95. The Hall–Kier alpha value is -0.890. The maximum absolute atomic E-state index is 13.1. The zero-order chi connectivity index (χ0) is 45.7. The molecule has 1 aliphatic rings. The van der Waals surface area contributed by atoms with Gasteiger partial charge in [-0.05, 0) is 25.8 Å². The summed E-state index contributed by atoms with van der Waals surface area (Å²) in [5, 5.41) is 31.8. The van der Waals surface area contributed by atoms with Crippen molar-refractivity contribution in [1.82, 2.24) is 0 Å². The number of hydrogen-bond donors (Lipinski definition) is 9. The van der Waals surface area contributed by atoms with Gasteiger partial charge in [0.15, 0.2) is 6.10 Å². The van der Waals surface area contributed by atoms with Gasteiger partial charge in [-0.25, -0.2) is 13.7 Å². The fourth-order valence-corrected chi connectivity index (χ4v) is 9.06. The topological polar surface area (TPSA) is 329 Å². The van der Waals surface area contributed by atoms with E-state index in [0.717, 1.165) is 83.5 Å². The lowest BCUT2D eigenvalue weighted by Gasteiger charge is -2.44. The van der Waals surface area contributed by atoms with Crippen molar-refractivity contribution >= 4 is 35.4 Å². The summed E-state index contributed by atoms with van der Waals surface area (Å²) in [4.78, 5) is 73.0. The Morgan fingerprint density at radius 1 is 0.508 bits per heavy atom. The molecule has 4 unspecified atom stereocenters. The highest BCUT2D eigenvalue weighted by molar-refractivity contribution is 7.47. The van der Waals surface area contributed by atoms with E-state index in [9.17, 15) is 63.1 Å². The normalized spacial score (nSPS) is 22.5. The smallest absolute Gasteiger partial charge is 0.462 e. The molecule has 0 radical (unpaired) electrons. The molecule has 1 aliphatic carbocycles. The molecular weight excluding hydrogens is 867 g/mol. The van der Waals surface area contributed by atoms with E-state index in [1.54, 1.807) is 0 Å². The molecule has 23 heteroatoms. The summed E-state index contributed by atoms with van der Waals surface area (Å²) >= 11 is 0. The number of aliphatic hydroxyl groups is 3. The van der Waals surface area contributed by atoms with Crippen LogP contribution in [0.15, 0.2) is 0 Å². The molecule has 1 rings (SSSR count). The maximum Gasteiger partial charge on any atom is 0.472 e. The van der Waals surface area contributed by atoms with Gasteiger partial charge in [-0.3, -0.25) is 27.7 Å². The van der Waals surface area contributed by atoms with Gasteiger partial charge in [0.25, 0.3) is 0 Å². The first kappa shape index (κ1) is 58.1. The van der Waals surface area contributed by atoms with Gasteiger partial charge >= 0.3 is 35.4 Å². The number of hydrogen-bond acceptors (Lipinski definition) is 15. The number of carbonyl (C=O) groups excluding carboxylic acids is 2. The first-order valence-corrected chi connectivity index (χ1v) is 26.6. The Morgan fingerprint density at radius 2 is 0.852 bits per heavy atom. The summed E-state index contributed by atoms with van der Waals surface area (Å²) in [6, 6.07) is 0. The second kappa shape index (κ2) is 32.7. The lowest BCUT2D eigenvalue weighted by atomic mass is 9.85. The Morgan fingerprint density at radius 3 is 1.23 bits per heavy atom. The minimum Gasteiger partial charge on any atom is -0.462 e. The predicted octanol–water partition coefficient (Wildman–Crippen LogP) is 5.73. The van der Waals surface area contributed by atoms with Crippen LogP contribution >= 0.6 is 23.5 Å². The van der Waals surface area contributed by atoms with E-state index in [2.05, 4.69) is 16.0 Å². The van der Waals surface area contributed by atoms with Crippen LogP contribution in [0.2, 0.25) is 0 Å². The molecule has 0 aliphatic heterocycles. The molecule has 0 amide bonds. The maximum atomic E-state index is 13.1. The van der Waals surface area contributed by atoms with Crippen LogP contribution in [0.25, 0.3) is 0 Å². The third-order valence-electron chi connectivity index (χ3n) is 10.3.